The van der Waals surface area contributed by atoms with Gasteiger partial charge in [-0.2, -0.15) is 5.26 Å². The lowest BCUT2D eigenvalue weighted by atomic mass is 9.99. The molecular weight excluding hydrogens is 452 g/mol. The topological polar surface area (TPSA) is 127 Å². The number of rotatable bonds is 4. The van der Waals surface area contributed by atoms with Crippen molar-refractivity contribution in [1.82, 2.24) is 14.8 Å². The maximum Gasteiger partial charge on any atom is 0.419 e. The average Bonchev–Trinajstić information content (AvgIpc) is 3.01. The summed E-state index contributed by atoms with van der Waals surface area (Å²) in [6.07, 6.45) is -0.804. The number of aromatic nitrogens is 1. The summed E-state index contributed by atoms with van der Waals surface area (Å²) in [5, 5.41) is 11.9. The van der Waals surface area contributed by atoms with E-state index in [-0.39, 0.29) is 6.42 Å². The van der Waals surface area contributed by atoms with Gasteiger partial charge >= 0.3 is 17.9 Å². The maximum absolute atomic E-state index is 12.2. The fourth-order valence-electron chi connectivity index (χ4n) is 4.00. The van der Waals surface area contributed by atoms with Crippen molar-refractivity contribution >= 4 is 23.3 Å². The molecule has 182 valence electrons. The molecule has 1 atom stereocenters. The molecule has 1 saturated heterocycles. The van der Waals surface area contributed by atoms with Crippen LogP contribution in [0.4, 0.5) is 9.59 Å². The van der Waals surface area contributed by atoms with Crippen LogP contribution < -0.4 is 11.1 Å². The maximum atomic E-state index is 12.2. The number of amides is 2. The molecule has 0 unspecified atom stereocenters. The molecule has 0 aliphatic carbocycles. The Bertz CT molecular complexity index is 1330. The Balaban J connectivity index is 1.39. The van der Waals surface area contributed by atoms with Crippen molar-refractivity contribution in [1.29, 1.82) is 5.26 Å². The standard InChI is InChI=1S/C25H26N4O6/c1-16-12-19(14-21-22(16)34-24(31)28(21)2)18-6-4-17(5-7-18)13-20(15-26)27-23(30)35-25(32)29-8-3-10-33-11-9-29/h4-7,12,14,20H,3,8-11,13H2,1-2H3,(H,27,30)/t20-/m0/s1. The highest BCUT2D eigenvalue weighted by Crippen LogP contribution is 2.27. The first-order valence-electron chi connectivity index (χ1n) is 11.3. The fourth-order valence-corrected chi connectivity index (χ4v) is 4.00. The molecule has 1 aromatic heterocycles. The van der Waals surface area contributed by atoms with Gasteiger partial charge in [-0.05, 0) is 47.7 Å². The van der Waals surface area contributed by atoms with Crippen molar-refractivity contribution in [3.8, 4) is 17.2 Å². The third-order valence-electron chi connectivity index (χ3n) is 5.92. The van der Waals surface area contributed by atoms with E-state index < -0.39 is 24.0 Å². The van der Waals surface area contributed by atoms with E-state index in [4.69, 9.17) is 13.9 Å². The summed E-state index contributed by atoms with van der Waals surface area (Å²) in [5.41, 5.74) is 4.81. The van der Waals surface area contributed by atoms with Gasteiger partial charge in [-0.15, -0.1) is 0 Å². The highest BCUT2D eigenvalue weighted by molar-refractivity contribution is 5.84. The van der Waals surface area contributed by atoms with Crippen LogP contribution in [0.2, 0.25) is 0 Å². The van der Waals surface area contributed by atoms with E-state index in [1.54, 1.807) is 7.05 Å². The van der Waals surface area contributed by atoms with Crippen LogP contribution in [0.15, 0.2) is 45.6 Å². The highest BCUT2D eigenvalue weighted by atomic mass is 16.6. The zero-order valence-corrected chi connectivity index (χ0v) is 19.6. The van der Waals surface area contributed by atoms with Gasteiger partial charge in [0.25, 0.3) is 0 Å². The Morgan fingerprint density at radius 2 is 1.94 bits per heavy atom. The summed E-state index contributed by atoms with van der Waals surface area (Å²) in [7, 11) is 1.66. The van der Waals surface area contributed by atoms with Gasteiger partial charge in [0.1, 0.15) is 6.04 Å². The zero-order chi connectivity index (χ0) is 24.9. The lowest BCUT2D eigenvalue weighted by molar-refractivity contribution is 0.110. The molecule has 35 heavy (non-hydrogen) atoms. The second-order valence-electron chi connectivity index (χ2n) is 8.40. The molecule has 0 bridgehead atoms. The first kappa shape index (κ1) is 24.0. The van der Waals surface area contributed by atoms with Crippen molar-refractivity contribution in [2.75, 3.05) is 26.3 Å². The Labute approximate surface area is 201 Å². The van der Waals surface area contributed by atoms with Crippen LogP contribution in [-0.4, -0.2) is 54.0 Å². The summed E-state index contributed by atoms with van der Waals surface area (Å²) in [6, 6.07) is 12.5. The minimum atomic E-state index is -0.960. The van der Waals surface area contributed by atoms with Gasteiger partial charge in [-0.25, -0.2) is 14.4 Å². The van der Waals surface area contributed by atoms with Crippen LogP contribution in [0.25, 0.3) is 22.2 Å². The number of ether oxygens (including phenoxy) is 2. The van der Waals surface area contributed by atoms with Gasteiger partial charge < -0.3 is 24.1 Å². The molecule has 1 aliphatic heterocycles. The molecule has 1 N–H and O–H groups in total. The fraction of sp³-hybridized carbons (Fsp3) is 0.360. The summed E-state index contributed by atoms with van der Waals surface area (Å²) in [6.45, 7) is 3.63. The number of carbonyl (C=O) groups excluding carboxylic acids is 2. The molecule has 0 spiro atoms. The van der Waals surface area contributed by atoms with Crippen molar-refractivity contribution in [3.63, 3.8) is 0 Å². The normalized spacial score (nSPS) is 14.7. The molecule has 0 radical (unpaired) electrons. The smallest absolute Gasteiger partial charge is 0.407 e. The van der Waals surface area contributed by atoms with Gasteiger partial charge in [0.15, 0.2) is 5.58 Å². The first-order chi connectivity index (χ1) is 16.9. The third kappa shape index (κ3) is 5.53. The highest BCUT2D eigenvalue weighted by Gasteiger charge is 2.22. The lowest BCUT2D eigenvalue weighted by Crippen LogP contribution is -2.41. The van der Waals surface area contributed by atoms with Crippen LogP contribution >= 0.6 is 0 Å². The Kier molecular flexibility index (Phi) is 7.17. The number of nitrogens with one attached hydrogen (secondary N) is 1. The molecule has 2 amide bonds. The number of oxazole rings is 1. The molecule has 1 fully saturated rings. The van der Waals surface area contributed by atoms with E-state index >= 15 is 0 Å². The summed E-state index contributed by atoms with van der Waals surface area (Å²) in [4.78, 5) is 37.6. The average molecular weight is 479 g/mol. The molecule has 2 aromatic carbocycles. The number of alkyl carbamates (subject to hydrolysis) is 1. The number of hydrogen-bond donors (Lipinski definition) is 1. The first-order valence-corrected chi connectivity index (χ1v) is 11.3. The quantitative estimate of drug-likeness (QED) is 0.571. The van der Waals surface area contributed by atoms with Gasteiger partial charge in [-0.3, -0.25) is 4.57 Å². The Hall–Kier alpha value is -4.10. The number of nitrogens with zero attached hydrogens (tertiary/aromatic N) is 3. The van der Waals surface area contributed by atoms with Crippen molar-refractivity contribution in [2.24, 2.45) is 7.05 Å². The van der Waals surface area contributed by atoms with Crippen molar-refractivity contribution in [3.05, 3.63) is 58.1 Å². The van der Waals surface area contributed by atoms with Crippen molar-refractivity contribution < 1.29 is 23.5 Å². The minimum absolute atomic E-state index is 0.242. The molecule has 10 heteroatoms. The van der Waals surface area contributed by atoms with Crippen molar-refractivity contribution in [2.45, 2.75) is 25.8 Å². The zero-order valence-electron chi connectivity index (χ0n) is 19.6. The molecule has 3 aromatic rings. The number of aryl methyl sites for hydroxylation is 2. The van der Waals surface area contributed by atoms with Gasteiger partial charge in [0.05, 0.1) is 18.2 Å². The molecule has 4 rings (SSSR count). The minimum Gasteiger partial charge on any atom is -0.407 e. The number of carbonyl (C=O) groups is 2. The van der Waals surface area contributed by atoms with E-state index in [9.17, 15) is 19.6 Å². The number of fused-ring (bicyclic) bond motifs is 1. The third-order valence-corrected chi connectivity index (χ3v) is 5.92. The molecular formula is C25H26N4O6. The van der Waals surface area contributed by atoms with Crippen LogP contribution in [0, 0.1) is 18.3 Å². The largest absolute Gasteiger partial charge is 0.419 e. The van der Waals surface area contributed by atoms with Crippen LogP contribution in [0.3, 0.4) is 0 Å². The van der Waals surface area contributed by atoms with Gasteiger partial charge in [0.2, 0.25) is 0 Å². The summed E-state index contributed by atoms with van der Waals surface area (Å²) in [5.74, 6) is -0.411. The van der Waals surface area contributed by atoms with Crippen LogP contribution in [0.1, 0.15) is 17.5 Å². The molecule has 1 aliphatic rings. The number of benzene rings is 2. The van der Waals surface area contributed by atoms with E-state index in [0.29, 0.717) is 43.8 Å². The molecule has 0 saturated carbocycles. The Morgan fingerprint density at radius 3 is 2.69 bits per heavy atom. The van der Waals surface area contributed by atoms with E-state index in [1.807, 2.05) is 49.4 Å². The lowest BCUT2D eigenvalue weighted by Gasteiger charge is -2.19. The van der Waals surface area contributed by atoms with Gasteiger partial charge in [0, 0.05) is 33.2 Å². The Morgan fingerprint density at radius 1 is 1.17 bits per heavy atom. The van der Waals surface area contributed by atoms with Gasteiger partial charge in [-0.1, -0.05) is 24.3 Å². The molecule has 10 nitrogen and oxygen atoms in total. The SMILES string of the molecule is Cc1cc(-c2ccc(C[C@@H](C#N)NC(=O)OC(=O)N3CCCOCC3)cc2)cc2c1oc(=O)n2C. The van der Waals surface area contributed by atoms with E-state index in [0.717, 1.165) is 22.3 Å². The van der Waals surface area contributed by atoms with E-state index in [1.165, 1.54) is 9.47 Å². The second-order valence-corrected chi connectivity index (χ2v) is 8.40. The molecule has 2 heterocycles. The number of hydrogen-bond acceptors (Lipinski definition) is 7. The second kappa shape index (κ2) is 10.4. The summed E-state index contributed by atoms with van der Waals surface area (Å²) < 4.78 is 16.9. The van der Waals surface area contributed by atoms with E-state index in [2.05, 4.69) is 5.32 Å². The predicted octanol–water partition coefficient (Wildman–Crippen LogP) is 3.11. The monoisotopic (exact) mass is 478 g/mol. The van der Waals surface area contributed by atoms with Crippen LogP contribution in [-0.2, 0) is 22.9 Å². The van der Waals surface area contributed by atoms with Crippen LogP contribution in [0.5, 0.6) is 0 Å². The number of nitriles is 1. The summed E-state index contributed by atoms with van der Waals surface area (Å²) >= 11 is 0. The predicted molar refractivity (Wildman–Crippen MR) is 127 cm³/mol.